The second-order valence-electron chi connectivity index (χ2n) is 17.6. The number of aromatic nitrogens is 2. The predicted octanol–water partition coefficient (Wildman–Crippen LogP) is 18.4. The van der Waals surface area contributed by atoms with Crippen LogP contribution in [-0.4, -0.2) is 9.97 Å². The van der Waals surface area contributed by atoms with Gasteiger partial charge in [0.2, 0.25) is 0 Å². The van der Waals surface area contributed by atoms with Crippen LogP contribution in [0, 0.1) is 0 Å². The van der Waals surface area contributed by atoms with E-state index in [4.69, 9.17) is 0 Å². The van der Waals surface area contributed by atoms with Crippen molar-refractivity contribution in [2.45, 2.75) is 0 Å². The number of hydrogen-bond acceptors (Lipinski definition) is 0. The van der Waals surface area contributed by atoms with Crippen LogP contribution in [0.1, 0.15) is 0 Å². The van der Waals surface area contributed by atoms with Crippen molar-refractivity contribution >= 4 is 75.9 Å². The molecule has 0 aliphatic carbocycles. The van der Waals surface area contributed by atoms with Crippen LogP contribution < -0.4 is 0 Å². The summed E-state index contributed by atoms with van der Waals surface area (Å²) >= 11 is 0. The lowest BCUT2D eigenvalue weighted by Crippen LogP contribution is -1.97. The van der Waals surface area contributed by atoms with Crippen molar-refractivity contribution in [1.29, 1.82) is 0 Å². The van der Waals surface area contributed by atoms with Gasteiger partial charge in [-0.15, -0.1) is 0 Å². The smallest absolute Gasteiger partial charge is 0.0471 e. The Labute approximate surface area is 394 Å². The molecule has 2 nitrogen and oxygen atoms in total. The zero-order valence-corrected chi connectivity index (χ0v) is 37.2. The van der Waals surface area contributed by atoms with E-state index < -0.39 is 0 Å². The lowest BCUT2D eigenvalue weighted by molar-refractivity contribution is 1.54. The van der Waals surface area contributed by atoms with Crippen molar-refractivity contribution < 1.29 is 0 Å². The Morgan fingerprint density at radius 2 is 0.426 bits per heavy atom. The van der Waals surface area contributed by atoms with E-state index in [0.29, 0.717) is 0 Å². The van der Waals surface area contributed by atoms with Gasteiger partial charge in [0, 0.05) is 43.6 Å². The summed E-state index contributed by atoms with van der Waals surface area (Å²) in [5, 5.41) is 12.8. The van der Waals surface area contributed by atoms with E-state index in [0.717, 1.165) is 0 Å². The maximum absolute atomic E-state index is 3.56. The van der Waals surface area contributed by atoms with Crippen LogP contribution in [0.25, 0.3) is 132 Å². The van der Waals surface area contributed by atoms with Crippen molar-refractivity contribution in [2.75, 3.05) is 0 Å². The molecular formula is C66H44N2. The fourth-order valence-corrected chi connectivity index (χ4v) is 11.0. The van der Waals surface area contributed by atoms with E-state index in [2.05, 4.69) is 265 Å². The van der Waals surface area contributed by atoms with Gasteiger partial charge in [0.1, 0.15) is 0 Å². The summed E-state index contributed by atoms with van der Waals surface area (Å²) in [6.07, 6.45) is 0. The topological polar surface area (TPSA) is 31.6 Å². The van der Waals surface area contributed by atoms with Crippen LogP contribution in [0.3, 0.4) is 0 Å². The van der Waals surface area contributed by atoms with Crippen LogP contribution in [0.2, 0.25) is 0 Å². The lowest BCUT2D eigenvalue weighted by Gasteiger charge is -2.25. The first-order valence-electron chi connectivity index (χ1n) is 23.4. The molecule has 0 bridgehead atoms. The highest BCUT2D eigenvalue weighted by Crippen LogP contribution is 2.53. The van der Waals surface area contributed by atoms with Crippen molar-refractivity contribution in [2.24, 2.45) is 0 Å². The number of fused-ring (bicyclic) bond motifs is 9. The monoisotopic (exact) mass is 864 g/mol. The molecule has 0 aliphatic heterocycles. The quantitative estimate of drug-likeness (QED) is 0.162. The van der Waals surface area contributed by atoms with Crippen LogP contribution in [-0.2, 0) is 0 Å². The molecule has 2 heterocycles. The van der Waals surface area contributed by atoms with Gasteiger partial charge in [0.25, 0.3) is 0 Å². The van der Waals surface area contributed by atoms with E-state index in [-0.39, 0.29) is 0 Å². The van der Waals surface area contributed by atoms with Gasteiger partial charge in [-0.25, -0.2) is 0 Å². The molecule has 14 aromatic rings. The van der Waals surface area contributed by atoms with E-state index in [1.54, 1.807) is 0 Å². The average Bonchev–Trinajstić information content (AvgIpc) is 4.00. The SMILES string of the molecule is c1ccc(-c2c3ccccc3c(-c3ccccc3)c3c(-c4ccccc4)c4ccccc4c(-c4ccccc4)c23)cc1.c1ccc2c(c1)[nH]c1cccc(-c3cccc4[nH]c5ccccc5c34)c12. The van der Waals surface area contributed by atoms with Crippen LogP contribution in [0.4, 0.5) is 0 Å². The second-order valence-corrected chi connectivity index (χ2v) is 17.6. The zero-order chi connectivity index (χ0) is 45.0. The minimum Gasteiger partial charge on any atom is -0.354 e. The summed E-state index contributed by atoms with van der Waals surface area (Å²) in [5.41, 5.74) is 17.3. The fourth-order valence-electron chi connectivity index (χ4n) is 11.0. The highest BCUT2D eigenvalue weighted by atomic mass is 14.7. The largest absolute Gasteiger partial charge is 0.354 e. The molecule has 318 valence electrons. The number of nitrogens with one attached hydrogen (secondary N) is 2. The molecule has 2 aromatic heterocycles. The molecule has 0 spiro atoms. The Balaban J connectivity index is 0.000000150. The minimum absolute atomic E-state index is 1.18. The Bertz CT molecular complexity index is 3740. The summed E-state index contributed by atoms with van der Waals surface area (Å²) in [6.45, 7) is 0. The number of hydrogen-bond donors (Lipinski definition) is 2. The Hall–Kier alpha value is -8.98. The number of para-hydroxylation sites is 2. The second kappa shape index (κ2) is 16.5. The molecule has 0 atom stereocenters. The van der Waals surface area contributed by atoms with Gasteiger partial charge in [-0.05, 0) is 112 Å². The molecule has 0 fully saturated rings. The van der Waals surface area contributed by atoms with Crippen LogP contribution >= 0.6 is 0 Å². The molecule has 68 heavy (non-hydrogen) atoms. The molecule has 14 rings (SSSR count). The van der Waals surface area contributed by atoms with Crippen molar-refractivity contribution in [3.05, 3.63) is 255 Å². The van der Waals surface area contributed by atoms with Crippen LogP contribution in [0.5, 0.6) is 0 Å². The number of rotatable bonds is 5. The molecule has 2 N–H and O–H groups in total. The molecule has 0 unspecified atom stereocenters. The summed E-state index contributed by atoms with van der Waals surface area (Å²) in [7, 11) is 0. The summed E-state index contributed by atoms with van der Waals surface area (Å²) in [6, 6.07) is 91.8. The van der Waals surface area contributed by atoms with Gasteiger partial charge < -0.3 is 9.97 Å². The first-order valence-corrected chi connectivity index (χ1v) is 23.4. The number of benzene rings is 12. The fraction of sp³-hybridized carbons (Fsp3) is 0. The van der Waals surface area contributed by atoms with E-state index in [1.165, 1.54) is 132 Å². The lowest BCUT2D eigenvalue weighted by atomic mass is 9.77. The molecule has 2 heteroatoms. The third-order valence-electron chi connectivity index (χ3n) is 13.8. The molecule has 0 radical (unpaired) electrons. The van der Waals surface area contributed by atoms with Gasteiger partial charge in [-0.1, -0.05) is 231 Å². The highest BCUT2D eigenvalue weighted by Gasteiger charge is 2.25. The summed E-state index contributed by atoms with van der Waals surface area (Å²) in [5.74, 6) is 0. The van der Waals surface area contributed by atoms with Gasteiger partial charge in [-0.2, -0.15) is 0 Å². The first-order chi connectivity index (χ1) is 33.8. The third-order valence-corrected chi connectivity index (χ3v) is 13.8. The molecule has 0 saturated carbocycles. The number of H-pyrrole nitrogens is 2. The number of aromatic amines is 2. The van der Waals surface area contributed by atoms with Crippen molar-refractivity contribution in [3.8, 4) is 55.6 Å². The van der Waals surface area contributed by atoms with Gasteiger partial charge in [0.15, 0.2) is 0 Å². The maximum atomic E-state index is 3.56. The average molecular weight is 865 g/mol. The molecule has 12 aromatic carbocycles. The normalized spacial score (nSPS) is 11.5. The van der Waals surface area contributed by atoms with E-state index >= 15 is 0 Å². The first kappa shape index (κ1) is 39.4. The summed E-state index contributed by atoms with van der Waals surface area (Å²) in [4.78, 5) is 7.12. The molecule has 0 aliphatic rings. The molecule has 0 amide bonds. The van der Waals surface area contributed by atoms with Gasteiger partial charge >= 0.3 is 0 Å². The summed E-state index contributed by atoms with van der Waals surface area (Å²) < 4.78 is 0. The molecule has 0 saturated heterocycles. The van der Waals surface area contributed by atoms with Crippen molar-refractivity contribution in [3.63, 3.8) is 0 Å². The third kappa shape index (κ3) is 6.41. The van der Waals surface area contributed by atoms with Crippen LogP contribution in [0.15, 0.2) is 255 Å². The Kier molecular flexibility index (Phi) is 9.54. The minimum atomic E-state index is 1.18. The van der Waals surface area contributed by atoms with Crippen molar-refractivity contribution in [1.82, 2.24) is 9.97 Å². The predicted molar refractivity (Wildman–Crippen MR) is 291 cm³/mol. The van der Waals surface area contributed by atoms with E-state index in [9.17, 15) is 0 Å². The molecular weight excluding hydrogens is 821 g/mol. The Morgan fingerprint density at radius 3 is 0.735 bits per heavy atom. The highest BCUT2D eigenvalue weighted by molar-refractivity contribution is 6.34. The van der Waals surface area contributed by atoms with E-state index in [1.807, 2.05) is 0 Å². The van der Waals surface area contributed by atoms with Gasteiger partial charge in [0.05, 0.1) is 0 Å². The maximum Gasteiger partial charge on any atom is 0.0471 e. The zero-order valence-electron chi connectivity index (χ0n) is 37.2. The van der Waals surface area contributed by atoms with Gasteiger partial charge in [-0.3, -0.25) is 0 Å². The standard InChI is InChI=1S/C42H28.C24H16N2/c1-5-17-29(18-6-1)37-33-25-13-14-26-34(33)39(31-21-9-3-10-22-31)42-40(32-23-11-4-12-24-32)36-28-16-15-27-35(36)38(41(37)42)30-19-7-2-8-20-30;1-3-11-19-17(7-1)23-15(9-5-13-21(23)25-19)16-10-6-14-22-24(16)18-8-2-4-12-20(18)26-22/h1-28H;1-14,25-26H. The Morgan fingerprint density at radius 1 is 0.176 bits per heavy atom.